The number of piperidine rings is 1. The van der Waals surface area contributed by atoms with Crippen LogP contribution in [0.15, 0.2) is 24.3 Å². The van der Waals surface area contributed by atoms with E-state index in [4.69, 9.17) is 4.74 Å². The van der Waals surface area contributed by atoms with Crippen LogP contribution in [0.2, 0.25) is 0 Å². The Kier molecular flexibility index (Phi) is 3.66. The van der Waals surface area contributed by atoms with Crippen molar-refractivity contribution >= 4 is 5.97 Å². The largest absolute Gasteiger partial charge is 0.490 e. The van der Waals surface area contributed by atoms with Crippen LogP contribution < -0.4 is 4.74 Å². The molecule has 2 unspecified atom stereocenters. The first-order chi connectivity index (χ1) is 9.67. The molecule has 108 valence electrons. The Morgan fingerprint density at radius 3 is 2.30 bits per heavy atom. The Morgan fingerprint density at radius 1 is 1.15 bits per heavy atom. The van der Waals surface area contributed by atoms with Crippen LogP contribution in [0.3, 0.4) is 0 Å². The van der Waals surface area contributed by atoms with Crippen molar-refractivity contribution in [2.45, 2.75) is 43.9 Å². The molecule has 0 N–H and O–H groups in total. The zero-order chi connectivity index (χ0) is 14.1. The lowest BCUT2D eigenvalue weighted by Gasteiger charge is -2.36. The highest BCUT2D eigenvalue weighted by atomic mass is 16.5. The van der Waals surface area contributed by atoms with Gasteiger partial charge in [0.05, 0.1) is 12.7 Å². The van der Waals surface area contributed by atoms with Gasteiger partial charge in [-0.3, -0.25) is 0 Å². The second-order valence-electron chi connectivity index (χ2n) is 5.78. The quantitative estimate of drug-likeness (QED) is 0.794. The Balaban J connectivity index is 1.62. The maximum absolute atomic E-state index is 11.4. The monoisotopic (exact) mass is 275 g/mol. The molecule has 2 bridgehead atoms. The summed E-state index contributed by atoms with van der Waals surface area (Å²) in [5.74, 6) is 0.528. The molecule has 2 heterocycles. The summed E-state index contributed by atoms with van der Waals surface area (Å²) >= 11 is 0. The van der Waals surface area contributed by atoms with Crippen LogP contribution in [-0.4, -0.2) is 43.2 Å². The molecular weight excluding hydrogens is 254 g/mol. The molecule has 0 spiro atoms. The summed E-state index contributed by atoms with van der Waals surface area (Å²) in [4.78, 5) is 13.9. The molecule has 20 heavy (non-hydrogen) atoms. The number of hydrogen-bond donors (Lipinski definition) is 0. The second-order valence-corrected chi connectivity index (χ2v) is 5.78. The number of ether oxygens (including phenoxy) is 2. The third kappa shape index (κ3) is 2.52. The average Bonchev–Trinajstić information content (AvgIpc) is 2.69. The minimum atomic E-state index is -0.311. The lowest BCUT2D eigenvalue weighted by molar-refractivity contribution is 0.0600. The SMILES string of the molecule is COC(=O)c1ccc(OC2CC3CCC(C2)N3C)cc1. The maximum Gasteiger partial charge on any atom is 0.337 e. The van der Waals surface area contributed by atoms with E-state index in [2.05, 4.69) is 16.7 Å². The predicted molar refractivity (Wildman–Crippen MR) is 76.0 cm³/mol. The van der Waals surface area contributed by atoms with E-state index in [0.717, 1.165) is 18.6 Å². The van der Waals surface area contributed by atoms with Crippen LogP contribution in [0.4, 0.5) is 0 Å². The Bertz CT molecular complexity index is 471. The van der Waals surface area contributed by atoms with Crippen molar-refractivity contribution in [1.82, 2.24) is 4.90 Å². The highest BCUT2D eigenvalue weighted by molar-refractivity contribution is 5.89. The number of fused-ring (bicyclic) bond motifs is 2. The molecule has 0 amide bonds. The number of esters is 1. The Hall–Kier alpha value is -1.55. The summed E-state index contributed by atoms with van der Waals surface area (Å²) in [7, 11) is 3.62. The summed E-state index contributed by atoms with van der Waals surface area (Å²) in [6.45, 7) is 0. The van der Waals surface area contributed by atoms with Gasteiger partial charge in [0, 0.05) is 12.1 Å². The van der Waals surface area contributed by atoms with Crippen molar-refractivity contribution in [3.8, 4) is 5.75 Å². The summed E-state index contributed by atoms with van der Waals surface area (Å²) in [6, 6.07) is 8.56. The van der Waals surface area contributed by atoms with Gasteiger partial charge in [0.2, 0.25) is 0 Å². The second kappa shape index (κ2) is 5.44. The van der Waals surface area contributed by atoms with Gasteiger partial charge in [0.25, 0.3) is 0 Å². The van der Waals surface area contributed by atoms with Gasteiger partial charge in [-0.25, -0.2) is 4.79 Å². The molecule has 4 heteroatoms. The third-order valence-electron chi connectivity index (χ3n) is 4.63. The van der Waals surface area contributed by atoms with Gasteiger partial charge in [0.15, 0.2) is 0 Å². The lowest BCUT2D eigenvalue weighted by atomic mass is 10.0. The van der Waals surface area contributed by atoms with E-state index in [-0.39, 0.29) is 5.97 Å². The van der Waals surface area contributed by atoms with E-state index < -0.39 is 0 Å². The third-order valence-corrected chi connectivity index (χ3v) is 4.63. The molecule has 2 saturated heterocycles. The van der Waals surface area contributed by atoms with Crippen molar-refractivity contribution in [1.29, 1.82) is 0 Å². The standard InChI is InChI=1S/C16H21NO3/c1-17-12-5-6-13(17)10-15(9-12)20-14-7-3-11(4-8-14)16(18)19-2/h3-4,7-8,12-13,15H,5-6,9-10H2,1-2H3. The molecule has 1 aromatic rings. The molecule has 0 aromatic heterocycles. The van der Waals surface area contributed by atoms with Crippen molar-refractivity contribution in [2.75, 3.05) is 14.2 Å². The summed E-state index contributed by atoms with van der Waals surface area (Å²) in [5.41, 5.74) is 0.559. The molecule has 2 aliphatic heterocycles. The van der Waals surface area contributed by atoms with Crippen molar-refractivity contribution in [3.05, 3.63) is 29.8 Å². The smallest absolute Gasteiger partial charge is 0.337 e. The molecule has 2 aliphatic rings. The van der Waals surface area contributed by atoms with E-state index in [9.17, 15) is 4.79 Å². The molecule has 0 radical (unpaired) electrons. The number of rotatable bonds is 3. The molecule has 3 rings (SSSR count). The van der Waals surface area contributed by atoms with Gasteiger partial charge in [-0.1, -0.05) is 0 Å². The van der Waals surface area contributed by atoms with Crippen molar-refractivity contribution in [3.63, 3.8) is 0 Å². The maximum atomic E-state index is 11.4. The predicted octanol–water partition coefficient (Wildman–Crippen LogP) is 2.48. The van der Waals surface area contributed by atoms with Gasteiger partial charge in [0.1, 0.15) is 11.9 Å². The minimum Gasteiger partial charge on any atom is -0.490 e. The van der Waals surface area contributed by atoms with Gasteiger partial charge in [-0.15, -0.1) is 0 Å². The molecule has 0 aliphatic carbocycles. The first-order valence-electron chi connectivity index (χ1n) is 7.24. The minimum absolute atomic E-state index is 0.299. The summed E-state index contributed by atoms with van der Waals surface area (Å²) < 4.78 is 10.8. The highest BCUT2D eigenvalue weighted by Gasteiger charge is 2.39. The Labute approximate surface area is 119 Å². The first kappa shape index (κ1) is 13.4. The number of benzene rings is 1. The fraction of sp³-hybridized carbons (Fsp3) is 0.562. The average molecular weight is 275 g/mol. The Morgan fingerprint density at radius 2 is 1.75 bits per heavy atom. The number of nitrogens with zero attached hydrogens (tertiary/aromatic N) is 1. The van der Waals surface area contributed by atoms with Crippen LogP contribution in [0.25, 0.3) is 0 Å². The van der Waals surface area contributed by atoms with Crippen LogP contribution in [-0.2, 0) is 4.74 Å². The first-order valence-corrected chi connectivity index (χ1v) is 7.24. The van der Waals surface area contributed by atoms with Gasteiger partial charge in [-0.2, -0.15) is 0 Å². The van der Waals surface area contributed by atoms with E-state index >= 15 is 0 Å². The van der Waals surface area contributed by atoms with Crippen LogP contribution in [0.1, 0.15) is 36.0 Å². The van der Waals surface area contributed by atoms with Crippen LogP contribution in [0, 0.1) is 0 Å². The topological polar surface area (TPSA) is 38.8 Å². The van der Waals surface area contributed by atoms with Gasteiger partial charge < -0.3 is 14.4 Å². The fourth-order valence-electron chi connectivity index (χ4n) is 3.44. The highest BCUT2D eigenvalue weighted by Crippen LogP contribution is 2.35. The summed E-state index contributed by atoms with van der Waals surface area (Å²) in [5, 5.41) is 0. The van der Waals surface area contributed by atoms with Gasteiger partial charge in [-0.05, 0) is 57.0 Å². The molecule has 2 atom stereocenters. The van der Waals surface area contributed by atoms with E-state index in [1.807, 2.05) is 12.1 Å². The number of carbonyl (C=O) groups excluding carboxylic acids is 1. The molecule has 4 nitrogen and oxygen atoms in total. The summed E-state index contributed by atoms with van der Waals surface area (Å²) in [6.07, 6.45) is 5.09. The van der Waals surface area contributed by atoms with E-state index in [1.165, 1.54) is 20.0 Å². The number of methoxy groups -OCH3 is 1. The van der Waals surface area contributed by atoms with Crippen LogP contribution in [0.5, 0.6) is 5.75 Å². The fourth-order valence-corrected chi connectivity index (χ4v) is 3.44. The molecule has 1 aromatic carbocycles. The number of hydrogen-bond acceptors (Lipinski definition) is 4. The van der Waals surface area contributed by atoms with Crippen molar-refractivity contribution in [2.24, 2.45) is 0 Å². The van der Waals surface area contributed by atoms with Crippen molar-refractivity contribution < 1.29 is 14.3 Å². The molecular formula is C16H21NO3. The number of carbonyl (C=O) groups is 1. The molecule has 2 fully saturated rings. The normalized spacial score (nSPS) is 29.2. The van der Waals surface area contributed by atoms with Crippen LogP contribution >= 0.6 is 0 Å². The van der Waals surface area contributed by atoms with E-state index in [0.29, 0.717) is 23.8 Å². The zero-order valence-corrected chi connectivity index (χ0v) is 12.0. The molecule has 0 saturated carbocycles. The van der Waals surface area contributed by atoms with E-state index in [1.54, 1.807) is 12.1 Å². The van der Waals surface area contributed by atoms with Gasteiger partial charge >= 0.3 is 5.97 Å². The zero-order valence-electron chi connectivity index (χ0n) is 12.0. The lowest BCUT2D eigenvalue weighted by Crippen LogP contribution is -2.43.